The minimum Gasteiger partial charge on any atom is -0.478 e. The molecule has 1 aromatic heterocycles. The molecule has 0 amide bonds. The third-order valence-corrected chi connectivity index (χ3v) is 1.51. The van der Waals surface area contributed by atoms with Crippen LogP contribution in [0.15, 0.2) is 12.3 Å². The molecule has 1 aromatic rings. The van der Waals surface area contributed by atoms with Crippen LogP contribution in [0.2, 0.25) is 0 Å². The molecular formula is C8H10N2O2. The molecule has 0 spiro atoms. The van der Waals surface area contributed by atoms with Crippen molar-refractivity contribution in [2.75, 3.05) is 0 Å². The topological polar surface area (TPSA) is 63.1 Å². The summed E-state index contributed by atoms with van der Waals surface area (Å²) in [5, 5.41) is 16.0. The number of carboxylic acid groups (broad SMARTS) is 1. The first-order chi connectivity index (χ1) is 5.61. The van der Waals surface area contributed by atoms with Crippen LogP contribution in [0.25, 0.3) is 0 Å². The summed E-state index contributed by atoms with van der Waals surface area (Å²) in [7, 11) is 0. The summed E-state index contributed by atoms with van der Waals surface area (Å²) in [6, 6.07) is 1.54. The van der Waals surface area contributed by atoms with Gasteiger partial charge in [0.15, 0.2) is 0 Å². The summed E-state index contributed by atoms with van der Waals surface area (Å²) >= 11 is 0. The Labute approximate surface area is 70.3 Å². The van der Waals surface area contributed by atoms with E-state index in [2.05, 4.69) is 10.2 Å². The molecule has 0 saturated heterocycles. The van der Waals surface area contributed by atoms with Crippen LogP contribution in [0.3, 0.4) is 0 Å². The molecule has 4 nitrogen and oxygen atoms in total. The fraction of sp³-hybridized carbons (Fsp3) is 0.375. The third-order valence-electron chi connectivity index (χ3n) is 1.51. The van der Waals surface area contributed by atoms with Crippen molar-refractivity contribution >= 4 is 5.97 Å². The number of carbonyl (C=O) groups is 1. The smallest absolute Gasteiger partial charge is 0.337 e. The van der Waals surface area contributed by atoms with Crippen LogP contribution in [0, 0.1) is 0 Å². The molecule has 0 unspecified atom stereocenters. The van der Waals surface area contributed by atoms with E-state index in [4.69, 9.17) is 5.11 Å². The van der Waals surface area contributed by atoms with Crippen molar-refractivity contribution < 1.29 is 9.90 Å². The summed E-state index contributed by atoms with van der Waals surface area (Å²) in [5.74, 6) is -0.761. The first-order valence-electron chi connectivity index (χ1n) is 3.67. The molecule has 64 valence electrons. The number of aromatic carboxylic acids is 1. The Morgan fingerprint density at radius 3 is 2.75 bits per heavy atom. The number of rotatable bonds is 2. The van der Waals surface area contributed by atoms with E-state index < -0.39 is 5.97 Å². The molecule has 0 aliphatic heterocycles. The van der Waals surface area contributed by atoms with Gasteiger partial charge in [-0.05, 0) is 12.0 Å². The lowest BCUT2D eigenvalue weighted by Gasteiger charge is -2.02. The Hall–Kier alpha value is -1.45. The zero-order valence-electron chi connectivity index (χ0n) is 6.98. The quantitative estimate of drug-likeness (QED) is 0.719. The van der Waals surface area contributed by atoms with E-state index >= 15 is 0 Å². The summed E-state index contributed by atoms with van der Waals surface area (Å²) < 4.78 is 0. The highest BCUT2D eigenvalue weighted by Gasteiger charge is 2.07. The fourth-order valence-electron chi connectivity index (χ4n) is 0.782. The fourth-order valence-corrected chi connectivity index (χ4v) is 0.782. The van der Waals surface area contributed by atoms with E-state index in [1.807, 2.05) is 13.8 Å². The molecule has 1 N–H and O–H groups in total. The van der Waals surface area contributed by atoms with Gasteiger partial charge in [0, 0.05) is 0 Å². The second-order valence-corrected chi connectivity index (χ2v) is 2.83. The number of aromatic nitrogens is 2. The van der Waals surface area contributed by atoms with Crippen molar-refractivity contribution in [2.24, 2.45) is 0 Å². The Bertz CT molecular complexity index is 297. The zero-order chi connectivity index (χ0) is 9.14. The highest BCUT2D eigenvalue weighted by atomic mass is 16.4. The van der Waals surface area contributed by atoms with Crippen LogP contribution in [0.5, 0.6) is 0 Å². The van der Waals surface area contributed by atoms with Gasteiger partial charge >= 0.3 is 5.97 Å². The average Bonchev–Trinajstić information content (AvgIpc) is 2.04. The highest BCUT2D eigenvalue weighted by Crippen LogP contribution is 2.10. The van der Waals surface area contributed by atoms with Crippen LogP contribution in [-0.4, -0.2) is 21.3 Å². The summed E-state index contributed by atoms with van der Waals surface area (Å²) in [6.07, 6.45) is 1.24. The molecule has 0 atom stereocenters. The maximum atomic E-state index is 10.5. The summed E-state index contributed by atoms with van der Waals surface area (Å²) in [5.41, 5.74) is 0.892. The number of hydrogen-bond acceptors (Lipinski definition) is 3. The van der Waals surface area contributed by atoms with Crippen LogP contribution in [-0.2, 0) is 0 Å². The van der Waals surface area contributed by atoms with E-state index in [1.54, 1.807) is 6.07 Å². The third kappa shape index (κ3) is 1.78. The van der Waals surface area contributed by atoms with Gasteiger partial charge in [-0.25, -0.2) is 4.79 Å². The van der Waals surface area contributed by atoms with Gasteiger partial charge in [-0.15, -0.1) is 0 Å². The van der Waals surface area contributed by atoms with E-state index in [9.17, 15) is 4.79 Å². The maximum Gasteiger partial charge on any atom is 0.337 e. The standard InChI is InChI=1S/C8H10N2O2/c1-5(2)7-3-6(8(11)12)4-9-10-7/h3-5H,1-2H3,(H,11,12). The molecule has 0 aliphatic rings. The lowest BCUT2D eigenvalue weighted by molar-refractivity contribution is 0.0696. The molecule has 0 fully saturated rings. The van der Waals surface area contributed by atoms with Gasteiger partial charge in [0.2, 0.25) is 0 Å². The van der Waals surface area contributed by atoms with Crippen LogP contribution >= 0.6 is 0 Å². The van der Waals surface area contributed by atoms with Gasteiger partial charge in [-0.1, -0.05) is 13.8 Å². The Morgan fingerprint density at radius 1 is 1.58 bits per heavy atom. The predicted octanol–water partition coefficient (Wildman–Crippen LogP) is 1.30. The Kier molecular flexibility index (Phi) is 2.38. The molecule has 4 heteroatoms. The van der Waals surface area contributed by atoms with Crippen LogP contribution < -0.4 is 0 Å². The van der Waals surface area contributed by atoms with Crippen molar-refractivity contribution in [3.8, 4) is 0 Å². The van der Waals surface area contributed by atoms with Gasteiger partial charge in [-0.3, -0.25) is 0 Å². The lowest BCUT2D eigenvalue weighted by Crippen LogP contribution is -2.02. The number of carboxylic acids is 1. The molecule has 0 saturated carbocycles. The first-order valence-corrected chi connectivity index (χ1v) is 3.67. The predicted molar refractivity (Wildman–Crippen MR) is 43.1 cm³/mol. The molecular weight excluding hydrogens is 156 g/mol. The zero-order valence-corrected chi connectivity index (χ0v) is 6.98. The van der Waals surface area contributed by atoms with Crippen molar-refractivity contribution in [1.29, 1.82) is 0 Å². The second-order valence-electron chi connectivity index (χ2n) is 2.83. The van der Waals surface area contributed by atoms with Gasteiger partial charge < -0.3 is 5.11 Å². The van der Waals surface area contributed by atoms with Gasteiger partial charge in [0.25, 0.3) is 0 Å². The highest BCUT2D eigenvalue weighted by molar-refractivity contribution is 5.87. The molecule has 1 heterocycles. The van der Waals surface area contributed by atoms with E-state index in [0.717, 1.165) is 0 Å². The van der Waals surface area contributed by atoms with E-state index in [-0.39, 0.29) is 11.5 Å². The Morgan fingerprint density at radius 2 is 2.25 bits per heavy atom. The average molecular weight is 166 g/mol. The molecule has 0 aliphatic carbocycles. The normalized spacial score (nSPS) is 10.2. The summed E-state index contributed by atoms with van der Waals surface area (Å²) in [4.78, 5) is 10.5. The molecule has 12 heavy (non-hydrogen) atoms. The largest absolute Gasteiger partial charge is 0.478 e. The molecule has 0 bridgehead atoms. The monoisotopic (exact) mass is 166 g/mol. The van der Waals surface area contributed by atoms with Crippen molar-refractivity contribution in [3.63, 3.8) is 0 Å². The number of nitrogens with zero attached hydrogens (tertiary/aromatic N) is 2. The second kappa shape index (κ2) is 3.30. The van der Waals surface area contributed by atoms with E-state index in [0.29, 0.717) is 5.69 Å². The Balaban J connectivity index is 3.04. The van der Waals surface area contributed by atoms with Gasteiger partial charge in [0.1, 0.15) is 0 Å². The summed E-state index contributed by atoms with van der Waals surface area (Å²) in [6.45, 7) is 3.88. The van der Waals surface area contributed by atoms with Crippen molar-refractivity contribution in [3.05, 3.63) is 23.5 Å². The van der Waals surface area contributed by atoms with Crippen LogP contribution in [0.4, 0.5) is 0 Å². The SMILES string of the molecule is CC(C)c1cc(C(=O)O)cnn1. The van der Waals surface area contributed by atoms with Crippen molar-refractivity contribution in [2.45, 2.75) is 19.8 Å². The lowest BCUT2D eigenvalue weighted by atomic mass is 10.1. The maximum absolute atomic E-state index is 10.5. The van der Waals surface area contributed by atoms with E-state index in [1.165, 1.54) is 6.20 Å². The molecule has 1 rings (SSSR count). The van der Waals surface area contributed by atoms with Crippen molar-refractivity contribution in [1.82, 2.24) is 10.2 Å². The van der Waals surface area contributed by atoms with Crippen LogP contribution in [0.1, 0.15) is 35.8 Å². The number of hydrogen-bond donors (Lipinski definition) is 1. The van der Waals surface area contributed by atoms with Gasteiger partial charge in [0.05, 0.1) is 17.5 Å². The first kappa shape index (κ1) is 8.64. The minimum absolute atomic E-state index is 0.189. The minimum atomic E-state index is -0.966. The molecule has 0 aromatic carbocycles. The van der Waals surface area contributed by atoms with Gasteiger partial charge in [-0.2, -0.15) is 10.2 Å². The molecule has 0 radical (unpaired) electrons.